The number of benzene rings is 1. The van der Waals surface area contributed by atoms with Crippen LogP contribution in [-0.4, -0.2) is 124 Å². The number of carbonyl (C=O) groups excluding carboxylic acids is 7. The highest BCUT2D eigenvalue weighted by molar-refractivity contribution is 6.33. The molecule has 334 valence electrons. The van der Waals surface area contributed by atoms with Crippen LogP contribution in [0, 0.1) is 11.8 Å². The minimum absolute atomic E-state index is 0.0739. The summed E-state index contributed by atoms with van der Waals surface area (Å²) in [5.41, 5.74) is -3.31. The quantitative estimate of drug-likeness (QED) is 0.184. The molecule has 7 amide bonds. The average Bonchev–Trinajstić information content (AvgIpc) is 3.90. The fourth-order valence-corrected chi connectivity index (χ4v) is 7.77. The predicted molar refractivity (Wildman–Crippen MR) is 215 cm³/mol. The van der Waals surface area contributed by atoms with E-state index in [9.17, 15) is 51.8 Å². The second-order valence-corrected chi connectivity index (χ2v) is 17.3. The van der Waals surface area contributed by atoms with Crippen molar-refractivity contribution in [2.45, 2.75) is 140 Å². The summed E-state index contributed by atoms with van der Waals surface area (Å²) in [5, 5.41) is 23.4. The molecule has 1 aliphatic carbocycles. The lowest BCUT2D eigenvalue weighted by Gasteiger charge is -2.34. The molecule has 60 heavy (non-hydrogen) atoms. The topological polar surface area (TPSA) is 206 Å². The monoisotopic (exact) mass is 889 g/mol. The number of nitrogens with one attached hydrogen (secondary N) is 5. The van der Waals surface area contributed by atoms with Crippen molar-refractivity contribution in [1.82, 2.24) is 36.4 Å². The summed E-state index contributed by atoms with van der Waals surface area (Å²) in [6.07, 6.45) is -2.64. The van der Waals surface area contributed by atoms with Gasteiger partial charge in [0, 0.05) is 36.6 Å². The Labute approximate surface area is 357 Å². The Balaban J connectivity index is 1.62. The van der Waals surface area contributed by atoms with E-state index in [0.717, 1.165) is 4.90 Å². The standard InChI is InChI=1S/C40H56Cl2F3N7O8/c1-6-26(49-38(59)39(4,60)40(43,44)45)32(53)50-31(22-12-13-22)37(58)51(5)29-10-7-8-16-46-34(55)30-11-9-17-52(30)36(57)28(20-23-19-24(41)14-15-25(23)42)48-33(54)27(18-21(2)3)47-35(29)56/h14-15,19,21-22,26-31,60H,6-13,16-18,20H2,1-5H3,(H,46,55)(H,47,56)(H,48,54)(H,49,59)(H,50,53)/t26-,27-,28-,29-,30+,31-,39+/m0/s1. The first-order chi connectivity index (χ1) is 28.1. The number of alkyl halides is 3. The lowest BCUT2D eigenvalue weighted by Crippen LogP contribution is -2.62. The third-order valence-corrected chi connectivity index (χ3v) is 11.8. The van der Waals surface area contributed by atoms with Gasteiger partial charge in [-0.25, -0.2) is 0 Å². The van der Waals surface area contributed by atoms with Gasteiger partial charge in [-0.2, -0.15) is 13.2 Å². The molecule has 1 aromatic rings. The highest BCUT2D eigenvalue weighted by atomic mass is 35.5. The van der Waals surface area contributed by atoms with E-state index >= 15 is 0 Å². The first kappa shape index (κ1) is 48.5. The molecule has 0 bridgehead atoms. The minimum atomic E-state index is -5.33. The van der Waals surface area contributed by atoms with E-state index in [4.69, 9.17) is 23.2 Å². The van der Waals surface area contributed by atoms with E-state index < -0.39 is 83.5 Å². The Bertz CT molecular complexity index is 1780. The van der Waals surface area contributed by atoms with Crippen LogP contribution in [0.3, 0.4) is 0 Å². The molecule has 7 atom stereocenters. The van der Waals surface area contributed by atoms with Crippen molar-refractivity contribution < 1.29 is 51.8 Å². The summed E-state index contributed by atoms with van der Waals surface area (Å²) in [7, 11) is 1.36. The second kappa shape index (κ2) is 20.6. The summed E-state index contributed by atoms with van der Waals surface area (Å²) in [4.78, 5) is 98.8. The third-order valence-electron chi connectivity index (χ3n) is 11.2. The third kappa shape index (κ3) is 12.2. The van der Waals surface area contributed by atoms with Crippen LogP contribution in [0.15, 0.2) is 18.2 Å². The van der Waals surface area contributed by atoms with Crippen molar-refractivity contribution in [3.63, 3.8) is 0 Å². The van der Waals surface area contributed by atoms with Gasteiger partial charge in [-0.15, -0.1) is 0 Å². The molecule has 3 aliphatic rings. The lowest BCUT2D eigenvalue weighted by molar-refractivity contribution is -0.245. The number of amides is 7. The van der Waals surface area contributed by atoms with Crippen LogP contribution < -0.4 is 26.6 Å². The molecule has 2 heterocycles. The zero-order valence-electron chi connectivity index (χ0n) is 34.4. The van der Waals surface area contributed by atoms with Crippen molar-refractivity contribution in [2.75, 3.05) is 20.1 Å². The molecule has 0 spiro atoms. The average molecular weight is 891 g/mol. The molecule has 15 nitrogen and oxygen atoms in total. The van der Waals surface area contributed by atoms with E-state index in [1.165, 1.54) is 18.9 Å². The van der Waals surface area contributed by atoms with Crippen LogP contribution >= 0.6 is 23.2 Å². The van der Waals surface area contributed by atoms with Gasteiger partial charge in [-0.05, 0) is 100 Å². The molecule has 6 N–H and O–H groups in total. The molecular formula is C40H56Cl2F3N7O8. The predicted octanol–water partition coefficient (Wildman–Crippen LogP) is 2.77. The maximum absolute atomic E-state index is 14.3. The van der Waals surface area contributed by atoms with Gasteiger partial charge < -0.3 is 41.5 Å². The van der Waals surface area contributed by atoms with E-state index in [2.05, 4.69) is 21.3 Å². The van der Waals surface area contributed by atoms with Crippen LogP contribution in [0.2, 0.25) is 10.0 Å². The SMILES string of the molecule is CC[C@H](NC(=O)[C@@](C)(O)C(F)(F)F)C(=O)N[C@H](C(=O)N(C)[C@H]1CCCCNC(=O)[C@H]2CCCN2C(=O)[C@H](Cc2cc(Cl)ccc2Cl)NC(=O)[C@H](CC(C)C)NC1=O)C1CC1. The summed E-state index contributed by atoms with van der Waals surface area (Å²) in [5.74, 6) is -6.26. The van der Waals surface area contributed by atoms with Crippen molar-refractivity contribution in [3.05, 3.63) is 33.8 Å². The highest BCUT2D eigenvalue weighted by Gasteiger charge is 2.56. The normalized spacial score (nSPS) is 24.3. The number of hydrogen-bond acceptors (Lipinski definition) is 8. The Morgan fingerprint density at radius 3 is 2.23 bits per heavy atom. The van der Waals surface area contributed by atoms with Crippen molar-refractivity contribution >= 4 is 64.6 Å². The number of likely N-dealkylation sites (N-methyl/N-ethyl adjacent to an activating group) is 1. The molecule has 4 rings (SSSR count). The van der Waals surface area contributed by atoms with Gasteiger partial charge in [0.25, 0.3) is 5.91 Å². The molecule has 2 aliphatic heterocycles. The maximum atomic E-state index is 14.3. The zero-order valence-corrected chi connectivity index (χ0v) is 35.9. The number of nitrogens with zero attached hydrogens (tertiary/aromatic N) is 2. The number of hydrogen-bond donors (Lipinski definition) is 6. The Morgan fingerprint density at radius 2 is 1.62 bits per heavy atom. The number of aliphatic hydroxyl groups is 1. The van der Waals surface area contributed by atoms with Crippen LogP contribution in [0.25, 0.3) is 0 Å². The number of carbonyl (C=O) groups is 7. The fourth-order valence-electron chi connectivity index (χ4n) is 7.38. The van der Waals surface area contributed by atoms with Crippen LogP contribution in [0.1, 0.15) is 91.0 Å². The molecule has 0 aromatic heterocycles. The van der Waals surface area contributed by atoms with Gasteiger partial charge in [0.15, 0.2) is 0 Å². The fraction of sp³-hybridized carbons (Fsp3) is 0.675. The maximum Gasteiger partial charge on any atom is 0.426 e. The van der Waals surface area contributed by atoms with Crippen LogP contribution in [0.4, 0.5) is 13.2 Å². The van der Waals surface area contributed by atoms with Gasteiger partial charge in [0.2, 0.25) is 41.0 Å². The Morgan fingerprint density at radius 1 is 0.950 bits per heavy atom. The van der Waals surface area contributed by atoms with Gasteiger partial charge >= 0.3 is 6.18 Å². The van der Waals surface area contributed by atoms with E-state index in [1.807, 2.05) is 19.2 Å². The smallest absolute Gasteiger partial charge is 0.373 e. The van der Waals surface area contributed by atoms with E-state index in [0.29, 0.717) is 54.1 Å². The zero-order chi connectivity index (χ0) is 44.7. The number of rotatable bonds is 12. The summed E-state index contributed by atoms with van der Waals surface area (Å²) >= 11 is 12.7. The van der Waals surface area contributed by atoms with Gasteiger partial charge in [-0.1, -0.05) is 44.0 Å². The molecule has 0 unspecified atom stereocenters. The van der Waals surface area contributed by atoms with Crippen LogP contribution in [-0.2, 0) is 40.0 Å². The van der Waals surface area contributed by atoms with Gasteiger partial charge in [0.05, 0.1) is 0 Å². The second-order valence-electron chi connectivity index (χ2n) is 16.5. The van der Waals surface area contributed by atoms with Crippen molar-refractivity contribution in [1.29, 1.82) is 0 Å². The van der Waals surface area contributed by atoms with Crippen LogP contribution in [0.5, 0.6) is 0 Å². The molecule has 1 aromatic carbocycles. The molecule has 3 fully saturated rings. The largest absolute Gasteiger partial charge is 0.426 e. The first-order valence-corrected chi connectivity index (χ1v) is 21.1. The van der Waals surface area contributed by atoms with E-state index in [1.54, 1.807) is 18.2 Å². The molecular weight excluding hydrogens is 834 g/mol. The molecule has 1 saturated carbocycles. The van der Waals surface area contributed by atoms with Gasteiger partial charge in [0.1, 0.15) is 36.3 Å². The Kier molecular flexibility index (Phi) is 16.7. The highest BCUT2D eigenvalue weighted by Crippen LogP contribution is 2.34. The first-order valence-electron chi connectivity index (χ1n) is 20.4. The summed E-state index contributed by atoms with van der Waals surface area (Å²) < 4.78 is 40.0. The number of fused-ring (bicyclic) bond motifs is 1. The Hall–Kier alpha value is -4.16. The van der Waals surface area contributed by atoms with E-state index in [-0.39, 0.29) is 63.4 Å². The van der Waals surface area contributed by atoms with Crippen molar-refractivity contribution in [2.24, 2.45) is 11.8 Å². The molecule has 0 radical (unpaired) electrons. The van der Waals surface area contributed by atoms with Gasteiger partial charge in [-0.3, -0.25) is 33.6 Å². The minimum Gasteiger partial charge on any atom is -0.373 e. The molecule has 20 heteroatoms. The number of halogens is 5. The summed E-state index contributed by atoms with van der Waals surface area (Å²) in [6.45, 7) is 5.86. The van der Waals surface area contributed by atoms with Crippen molar-refractivity contribution in [3.8, 4) is 0 Å². The lowest BCUT2D eigenvalue weighted by atomic mass is 9.99. The molecule has 2 saturated heterocycles. The summed E-state index contributed by atoms with van der Waals surface area (Å²) in [6, 6.07) is -2.40.